The van der Waals surface area contributed by atoms with Gasteiger partial charge in [-0.15, -0.1) is 0 Å². The molecule has 0 aliphatic carbocycles. The molecule has 35 heavy (non-hydrogen) atoms. The van der Waals surface area contributed by atoms with Gasteiger partial charge in [-0.1, -0.05) is 30.3 Å². The summed E-state index contributed by atoms with van der Waals surface area (Å²) < 4.78 is 35.9. The minimum absolute atomic E-state index is 0.210. The van der Waals surface area contributed by atoms with Crippen molar-refractivity contribution in [1.82, 2.24) is 24.8 Å². The van der Waals surface area contributed by atoms with Gasteiger partial charge >= 0.3 is 13.9 Å². The summed E-state index contributed by atoms with van der Waals surface area (Å²) in [5, 5.41) is 5.25. The number of urea groups is 1. The first-order valence-corrected chi connectivity index (χ1v) is 12.3. The quantitative estimate of drug-likeness (QED) is 0.341. The number of benzene rings is 1. The van der Waals surface area contributed by atoms with Crippen LogP contribution in [0.2, 0.25) is 0 Å². The molecule has 0 radical (unpaired) electrons. The van der Waals surface area contributed by atoms with Gasteiger partial charge in [0.1, 0.15) is 24.6 Å². The number of nitrogens with one attached hydrogen (secondary N) is 2. The highest BCUT2D eigenvalue weighted by molar-refractivity contribution is 7.46. The molecule has 4 heterocycles. The van der Waals surface area contributed by atoms with Crippen molar-refractivity contribution in [2.24, 2.45) is 0 Å². The van der Waals surface area contributed by atoms with Gasteiger partial charge in [0.2, 0.25) is 0 Å². The summed E-state index contributed by atoms with van der Waals surface area (Å²) in [6, 6.07) is 8.83. The first-order chi connectivity index (χ1) is 16.8. The van der Waals surface area contributed by atoms with Gasteiger partial charge in [-0.3, -0.25) is 14.4 Å². The van der Waals surface area contributed by atoms with Gasteiger partial charge in [0, 0.05) is 12.1 Å². The first-order valence-electron chi connectivity index (χ1n) is 10.8. The molecule has 4 N–H and O–H groups in total. The van der Waals surface area contributed by atoms with E-state index in [1.807, 2.05) is 30.3 Å². The van der Waals surface area contributed by atoms with E-state index in [1.165, 1.54) is 12.7 Å². The molecular weight excluding hydrogens is 483 g/mol. The molecule has 2 unspecified atom stereocenters. The fourth-order valence-electron chi connectivity index (χ4n) is 4.07. The fourth-order valence-corrected chi connectivity index (χ4v) is 4.41. The van der Waals surface area contributed by atoms with Gasteiger partial charge in [0.25, 0.3) is 0 Å². The summed E-state index contributed by atoms with van der Waals surface area (Å²) in [4.78, 5) is 43.0. The van der Waals surface area contributed by atoms with Crippen LogP contribution in [-0.4, -0.2) is 66.8 Å². The lowest BCUT2D eigenvalue weighted by Gasteiger charge is -2.21. The minimum atomic E-state index is -4.74. The molecule has 14 nitrogen and oxygen atoms in total. The number of imidazole rings is 1. The smallest absolute Gasteiger partial charge is 0.347 e. The number of phosphoric ester groups is 1. The molecule has 186 valence electrons. The molecule has 0 spiro atoms. The van der Waals surface area contributed by atoms with E-state index in [-0.39, 0.29) is 5.82 Å². The summed E-state index contributed by atoms with van der Waals surface area (Å²) in [5.74, 6) is 0.210. The van der Waals surface area contributed by atoms with Crippen molar-refractivity contribution in [2.45, 2.75) is 37.8 Å². The maximum Gasteiger partial charge on any atom is 0.469 e. The molecule has 5 atom stereocenters. The molecule has 5 rings (SSSR count). The third-order valence-electron chi connectivity index (χ3n) is 5.53. The van der Waals surface area contributed by atoms with Gasteiger partial charge in [0.05, 0.1) is 12.9 Å². The minimum Gasteiger partial charge on any atom is -0.347 e. The maximum atomic E-state index is 12.0. The fraction of sp³-hybridized carbons (Fsp3) is 0.400. The van der Waals surface area contributed by atoms with E-state index >= 15 is 0 Å². The number of rotatable bonds is 7. The summed E-state index contributed by atoms with van der Waals surface area (Å²) in [5.41, 5.74) is 1.47. The number of anilines is 1. The highest BCUT2D eigenvalue weighted by Crippen LogP contribution is 2.46. The zero-order chi connectivity index (χ0) is 24.6. The number of aromatic nitrogens is 4. The van der Waals surface area contributed by atoms with Crippen LogP contribution in [0.1, 0.15) is 25.0 Å². The molecular formula is C20H23N6O8P. The van der Waals surface area contributed by atoms with Crippen molar-refractivity contribution in [1.29, 1.82) is 0 Å². The van der Waals surface area contributed by atoms with E-state index in [4.69, 9.17) is 28.5 Å². The monoisotopic (exact) mass is 506 g/mol. The second-order valence-electron chi connectivity index (χ2n) is 7.83. The lowest BCUT2D eigenvalue weighted by atomic mass is 10.1. The molecule has 2 saturated heterocycles. The Morgan fingerprint density at radius 1 is 1.14 bits per heavy atom. The van der Waals surface area contributed by atoms with Crippen molar-refractivity contribution in [3.05, 3.63) is 48.5 Å². The van der Waals surface area contributed by atoms with Gasteiger partial charge in [0.15, 0.2) is 29.5 Å². The topological polar surface area (TPSA) is 179 Å². The van der Waals surface area contributed by atoms with Crippen LogP contribution in [-0.2, 0) is 23.3 Å². The Balaban J connectivity index is 1.45. The largest absolute Gasteiger partial charge is 0.469 e. The zero-order valence-corrected chi connectivity index (χ0v) is 19.3. The molecule has 0 bridgehead atoms. The van der Waals surface area contributed by atoms with Gasteiger partial charge in [-0.05, 0) is 6.92 Å². The summed E-state index contributed by atoms with van der Waals surface area (Å²) >= 11 is 0. The lowest BCUT2D eigenvalue weighted by molar-refractivity contribution is -0.152. The van der Waals surface area contributed by atoms with E-state index in [2.05, 4.69) is 25.6 Å². The molecule has 1 aromatic carbocycles. The molecule has 2 amide bonds. The van der Waals surface area contributed by atoms with Crippen LogP contribution in [0, 0.1) is 0 Å². The third-order valence-corrected chi connectivity index (χ3v) is 6.01. The number of phosphoric acid groups is 1. The Morgan fingerprint density at radius 2 is 1.91 bits per heavy atom. The second-order valence-corrected chi connectivity index (χ2v) is 9.07. The van der Waals surface area contributed by atoms with E-state index in [9.17, 15) is 9.36 Å². The first kappa shape index (κ1) is 23.8. The maximum absolute atomic E-state index is 12.0. The highest BCUT2D eigenvalue weighted by atomic mass is 31.2. The second kappa shape index (κ2) is 9.59. The molecule has 2 fully saturated rings. The van der Waals surface area contributed by atoms with E-state index in [1.54, 1.807) is 11.5 Å². The van der Waals surface area contributed by atoms with Gasteiger partial charge < -0.3 is 29.3 Å². The number of carbonyl (C=O) groups is 1. The number of fused-ring (bicyclic) bond motifs is 2. The molecule has 0 saturated carbocycles. The Bertz CT molecular complexity index is 1250. The van der Waals surface area contributed by atoms with Crippen LogP contribution >= 0.6 is 7.82 Å². The zero-order valence-electron chi connectivity index (χ0n) is 18.4. The lowest BCUT2D eigenvalue weighted by Crippen LogP contribution is -2.31. The van der Waals surface area contributed by atoms with Crippen LogP contribution in [0.4, 0.5) is 10.6 Å². The molecule has 2 aromatic heterocycles. The number of hydrogen-bond acceptors (Lipinski definition) is 9. The number of amides is 2. The predicted octanol–water partition coefficient (Wildman–Crippen LogP) is 1.46. The Morgan fingerprint density at radius 3 is 2.66 bits per heavy atom. The Kier molecular flexibility index (Phi) is 6.51. The van der Waals surface area contributed by atoms with Crippen LogP contribution in [0.3, 0.4) is 0 Å². The number of ether oxygens (including phenoxy) is 3. The third kappa shape index (κ3) is 4.90. The SMILES string of the molecule is CCNC(=O)Nc1ncnc2c1ncn2[C@@H]1O[C@H](COP(=O)(O)O)C2O[C@@H](c3ccccc3)OC21. The molecule has 2 aliphatic heterocycles. The van der Waals surface area contributed by atoms with Crippen molar-refractivity contribution in [3.8, 4) is 0 Å². The predicted molar refractivity (Wildman–Crippen MR) is 119 cm³/mol. The van der Waals surface area contributed by atoms with Gasteiger partial charge in [-0.2, -0.15) is 0 Å². The van der Waals surface area contributed by atoms with Gasteiger partial charge in [-0.25, -0.2) is 24.3 Å². The molecule has 2 aliphatic rings. The van der Waals surface area contributed by atoms with E-state index in [0.29, 0.717) is 17.7 Å². The van der Waals surface area contributed by atoms with Crippen LogP contribution < -0.4 is 10.6 Å². The Hall–Kier alpha value is -2.97. The average molecular weight is 506 g/mol. The number of nitrogens with zero attached hydrogens (tertiary/aromatic N) is 4. The van der Waals surface area contributed by atoms with E-state index in [0.717, 1.165) is 5.56 Å². The summed E-state index contributed by atoms with van der Waals surface area (Å²) in [6.07, 6.45) is -0.983. The number of carbonyl (C=O) groups excluding carboxylic acids is 1. The van der Waals surface area contributed by atoms with Crippen molar-refractivity contribution < 1.29 is 37.9 Å². The highest BCUT2D eigenvalue weighted by Gasteiger charge is 2.54. The van der Waals surface area contributed by atoms with Crippen LogP contribution in [0.15, 0.2) is 43.0 Å². The normalized spacial score (nSPS) is 26.1. The Labute approximate surface area is 198 Å². The van der Waals surface area contributed by atoms with Crippen molar-refractivity contribution in [3.63, 3.8) is 0 Å². The van der Waals surface area contributed by atoms with Crippen molar-refractivity contribution in [2.75, 3.05) is 18.5 Å². The summed E-state index contributed by atoms with van der Waals surface area (Å²) in [7, 11) is -4.74. The number of hydrogen-bond donors (Lipinski definition) is 4. The van der Waals surface area contributed by atoms with Crippen LogP contribution in [0.25, 0.3) is 11.2 Å². The van der Waals surface area contributed by atoms with Crippen LogP contribution in [0.5, 0.6) is 0 Å². The standard InChI is InChI=1S/C20H23N6O8P/c1-2-21-20(27)25-16-13-17(23-9-22-16)26(10-24-13)18-15-14(12(32-18)8-31-35(28,29)30)33-19(34-15)11-6-4-3-5-7-11/h3-7,9-10,12,14-15,18-19H,2,8H2,1H3,(H2,28,29,30)(H2,21,22,23,25,27)/t12-,14?,15?,18-,19-/m1/s1. The van der Waals surface area contributed by atoms with E-state index < -0.39 is 51.3 Å². The molecule has 3 aromatic rings. The average Bonchev–Trinajstić information content (AvgIpc) is 3.52. The van der Waals surface area contributed by atoms with Crippen molar-refractivity contribution >= 4 is 30.8 Å². The summed E-state index contributed by atoms with van der Waals surface area (Å²) in [6.45, 7) is 1.81. The molecule has 15 heteroatoms.